The van der Waals surface area contributed by atoms with Gasteiger partial charge in [0.25, 0.3) is 0 Å². The molecule has 0 spiro atoms. The van der Waals surface area contributed by atoms with Crippen molar-refractivity contribution in [3.8, 4) is 0 Å². The normalized spacial score (nSPS) is 16.1. The fourth-order valence-electron chi connectivity index (χ4n) is 2.32. The van der Waals surface area contributed by atoms with Gasteiger partial charge in [-0.1, -0.05) is 12.8 Å². The number of halogens is 1. The number of carboxylic acids is 1. The molecule has 1 aromatic carbocycles. The zero-order valence-electron chi connectivity index (χ0n) is 9.58. The lowest BCUT2D eigenvalue weighted by molar-refractivity contribution is 0.0697. The average Bonchev–Trinajstić information content (AvgIpc) is 2.80. The number of carboxylic acid groups (broad SMARTS) is 1. The van der Waals surface area contributed by atoms with E-state index < -0.39 is 11.8 Å². The molecule has 1 aromatic rings. The number of rotatable bonds is 4. The van der Waals surface area contributed by atoms with E-state index in [1.807, 2.05) is 0 Å². The van der Waals surface area contributed by atoms with Crippen LogP contribution in [0.2, 0.25) is 0 Å². The van der Waals surface area contributed by atoms with Crippen LogP contribution in [0.25, 0.3) is 0 Å². The third-order valence-corrected chi connectivity index (χ3v) is 3.27. The van der Waals surface area contributed by atoms with E-state index in [0.717, 1.165) is 12.6 Å². The zero-order valence-corrected chi connectivity index (χ0v) is 9.58. The van der Waals surface area contributed by atoms with Crippen LogP contribution in [0.4, 0.5) is 10.1 Å². The van der Waals surface area contributed by atoms with Gasteiger partial charge in [0.05, 0.1) is 5.56 Å². The second-order valence-corrected chi connectivity index (χ2v) is 4.53. The van der Waals surface area contributed by atoms with Gasteiger partial charge in [0, 0.05) is 12.2 Å². The van der Waals surface area contributed by atoms with E-state index in [1.54, 1.807) is 0 Å². The maximum atomic E-state index is 13.0. The Hall–Kier alpha value is -1.58. The predicted molar refractivity (Wildman–Crippen MR) is 63.8 cm³/mol. The average molecular weight is 237 g/mol. The smallest absolute Gasteiger partial charge is 0.337 e. The van der Waals surface area contributed by atoms with Crippen molar-refractivity contribution in [1.82, 2.24) is 0 Å². The molecule has 1 fully saturated rings. The van der Waals surface area contributed by atoms with Crippen LogP contribution in [0.15, 0.2) is 18.2 Å². The first-order valence-electron chi connectivity index (χ1n) is 5.93. The minimum Gasteiger partial charge on any atom is -0.478 e. The van der Waals surface area contributed by atoms with Crippen molar-refractivity contribution in [3.63, 3.8) is 0 Å². The summed E-state index contributed by atoms with van der Waals surface area (Å²) in [6.07, 6.45) is 4.89. The lowest BCUT2D eigenvalue weighted by Gasteiger charge is -2.13. The van der Waals surface area contributed by atoms with E-state index in [-0.39, 0.29) is 5.56 Å². The Bertz CT molecular complexity index is 414. The number of hydrogen-bond acceptors (Lipinski definition) is 2. The van der Waals surface area contributed by atoms with E-state index in [1.165, 1.54) is 37.8 Å². The van der Waals surface area contributed by atoms with Gasteiger partial charge in [-0.2, -0.15) is 0 Å². The largest absolute Gasteiger partial charge is 0.478 e. The standard InChI is InChI=1S/C13H16FNO2/c14-10-5-6-12(11(7-10)13(16)17)15-8-9-3-1-2-4-9/h5-7,9,15H,1-4,8H2,(H,16,17). The summed E-state index contributed by atoms with van der Waals surface area (Å²) in [7, 11) is 0. The molecule has 0 bridgehead atoms. The first-order chi connectivity index (χ1) is 8.16. The second kappa shape index (κ2) is 5.17. The molecule has 1 aliphatic rings. The molecule has 0 atom stereocenters. The number of benzene rings is 1. The van der Waals surface area contributed by atoms with Crippen molar-refractivity contribution >= 4 is 11.7 Å². The molecule has 3 nitrogen and oxygen atoms in total. The maximum absolute atomic E-state index is 13.0. The number of carbonyl (C=O) groups is 1. The van der Waals surface area contributed by atoms with E-state index in [9.17, 15) is 9.18 Å². The minimum absolute atomic E-state index is 0.00277. The minimum atomic E-state index is -1.10. The number of hydrogen-bond donors (Lipinski definition) is 2. The molecule has 1 aliphatic carbocycles. The highest BCUT2D eigenvalue weighted by molar-refractivity contribution is 5.94. The Morgan fingerprint density at radius 1 is 1.41 bits per heavy atom. The fourth-order valence-corrected chi connectivity index (χ4v) is 2.32. The monoisotopic (exact) mass is 237 g/mol. The highest BCUT2D eigenvalue weighted by Crippen LogP contribution is 2.26. The van der Waals surface area contributed by atoms with Crippen LogP contribution in [0.1, 0.15) is 36.0 Å². The molecule has 92 valence electrons. The van der Waals surface area contributed by atoms with Gasteiger partial charge < -0.3 is 10.4 Å². The van der Waals surface area contributed by atoms with Gasteiger partial charge in [-0.3, -0.25) is 0 Å². The van der Waals surface area contributed by atoms with E-state index in [0.29, 0.717) is 11.6 Å². The van der Waals surface area contributed by atoms with Crippen LogP contribution in [0.3, 0.4) is 0 Å². The predicted octanol–water partition coefficient (Wildman–Crippen LogP) is 3.13. The first kappa shape index (κ1) is 11.9. The molecule has 4 heteroatoms. The lowest BCUT2D eigenvalue weighted by atomic mass is 10.1. The Kier molecular flexibility index (Phi) is 3.61. The Morgan fingerprint density at radius 3 is 2.76 bits per heavy atom. The van der Waals surface area contributed by atoms with Crippen LogP contribution in [0, 0.1) is 11.7 Å². The Labute approximate surface area is 99.7 Å². The molecule has 0 unspecified atom stereocenters. The molecule has 0 saturated heterocycles. The van der Waals surface area contributed by atoms with Gasteiger partial charge >= 0.3 is 5.97 Å². The first-order valence-corrected chi connectivity index (χ1v) is 5.93. The summed E-state index contributed by atoms with van der Waals surface area (Å²) in [5.41, 5.74) is 0.508. The van der Waals surface area contributed by atoms with Crippen molar-refractivity contribution in [2.75, 3.05) is 11.9 Å². The van der Waals surface area contributed by atoms with Crippen molar-refractivity contribution < 1.29 is 14.3 Å². The van der Waals surface area contributed by atoms with Crippen LogP contribution in [-0.4, -0.2) is 17.6 Å². The summed E-state index contributed by atoms with van der Waals surface area (Å²) in [6, 6.07) is 3.83. The molecule has 0 aromatic heterocycles. The Morgan fingerprint density at radius 2 is 2.12 bits per heavy atom. The van der Waals surface area contributed by atoms with Crippen LogP contribution >= 0.6 is 0 Å². The topological polar surface area (TPSA) is 49.3 Å². The highest BCUT2D eigenvalue weighted by Gasteiger charge is 2.16. The van der Waals surface area contributed by atoms with Crippen molar-refractivity contribution in [2.24, 2.45) is 5.92 Å². The summed E-state index contributed by atoms with van der Waals surface area (Å²) in [6.45, 7) is 0.770. The maximum Gasteiger partial charge on any atom is 0.337 e. The summed E-state index contributed by atoms with van der Waals surface area (Å²) in [5.74, 6) is -1.01. The van der Waals surface area contributed by atoms with Gasteiger partial charge in [-0.15, -0.1) is 0 Å². The van der Waals surface area contributed by atoms with Gasteiger partial charge in [0.1, 0.15) is 5.82 Å². The van der Waals surface area contributed by atoms with Gasteiger partial charge in [-0.05, 0) is 37.0 Å². The van der Waals surface area contributed by atoms with Gasteiger partial charge in [-0.25, -0.2) is 9.18 Å². The van der Waals surface area contributed by atoms with E-state index >= 15 is 0 Å². The lowest BCUT2D eigenvalue weighted by Crippen LogP contribution is -2.13. The van der Waals surface area contributed by atoms with Crippen LogP contribution in [0.5, 0.6) is 0 Å². The van der Waals surface area contributed by atoms with E-state index in [2.05, 4.69) is 5.32 Å². The quantitative estimate of drug-likeness (QED) is 0.845. The molecule has 0 heterocycles. The third-order valence-electron chi connectivity index (χ3n) is 3.27. The third kappa shape index (κ3) is 2.96. The molecule has 17 heavy (non-hydrogen) atoms. The molecule has 0 amide bonds. The van der Waals surface area contributed by atoms with Gasteiger partial charge in [0.2, 0.25) is 0 Å². The molecule has 2 rings (SSSR count). The number of aromatic carboxylic acids is 1. The van der Waals surface area contributed by atoms with Crippen molar-refractivity contribution in [2.45, 2.75) is 25.7 Å². The summed E-state index contributed by atoms with van der Waals surface area (Å²) in [5, 5.41) is 12.1. The molecule has 0 radical (unpaired) electrons. The van der Waals surface area contributed by atoms with Crippen LogP contribution < -0.4 is 5.32 Å². The zero-order chi connectivity index (χ0) is 12.3. The molecular weight excluding hydrogens is 221 g/mol. The molecule has 1 saturated carbocycles. The molecule has 2 N–H and O–H groups in total. The summed E-state index contributed by atoms with van der Waals surface area (Å²) in [4.78, 5) is 11.0. The van der Waals surface area contributed by atoms with E-state index in [4.69, 9.17) is 5.11 Å². The second-order valence-electron chi connectivity index (χ2n) is 4.53. The SMILES string of the molecule is O=C(O)c1cc(F)ccc1NCC1CCCC1. The summed E-state index contributed by atoms with van der Waals surface area (Å²) >= 11 is 0. The fraction of sp³-hybridized carbons (Fsp3) is 0.462. The molecular formula is C13H16FNO2. The summed E-state index contributed by atoms with van der Waals surface area (Å²) < 4.78 is 13.0. The highest BCUT2D eigenvalue weighted by atomic mass is 19.1. The van der Waals surface area contributed by atoms with Crippen LogP contribution in [-0.2, 0) is 0 Å². The van der Waals surface area contributed by atoms with Crippen molar-refractivity contribution in [1.29, 1.82) is 0 Å². The Balaban J connectivity index is 2.06. The molecule has 0 aliphatic heterocycles. The number of nitrogens with one attached hydrogen (secondary N) is 1. The van der Waals surface area contributed by atoms with Gasteiger partial charge in [0.15, 0.2) is 0 Å². The van der Waals surface area contributed by atoms with Crippen molar-refractivity contribution in [3.05, 3.63) is 29.6 Å². The number of anilines is 1.